The normalized spacial score (nSPS) is 12.5. The van der Waals surface area contributed by atoms with Crippen LogP contribution in [0.15, 0.2) is 36.4 Å². The number of aryl methyl sites for hydroxylation is 2. The van der Waals surface area contributed by atoms with Gasteiger partial charge in [0.15, 0.2) is 0 Å². The molecule has 0 aliphatic rings. The van der Waals surface area contributed by atoms with Gasteiger partial charge in [0.1, 0.15) is 5.82 Å². The minimum Gasteiger partial charge on any atom is -0.271 e. The molecule has 0 bridgehead atoms. The van der Waals surface area contributed by atoms with E-state index in [0.29, 0.717) is 10.6 Å². The highest BCUT2D eigenvalue weighted by molar-refractivity contribution is 6.30. The topological polar surface area (TPSA) is 38.0 Å². The third kappa shape index (κ3) is 2.95. The predicted molar refractivity (Wildman–Crippen MR) is 76.5 cm³/mol. The van der Waals surface area contributed by atoms with Crippen molar-refractivity contribution in [3.8, 4) is 0 Å². The van der Waals surface area contributed by atoms with Crippen molar-refractivity contribution in [3.63, 3.8) is 0 Å². The summed E-state index contributed by atoms with van der Waals surface area (Å²) in [5.74, 6) is 5.22. The Morgan fingerprint density at radius 1 is 1.11 bits per heavy atom. The lowest BCUT2D eigenvalue weighted by atomic mass is 9.96. The van der Waals surface area contributed by atoms with E-state index in [2.05, 4.69) is 5.43 Å². The van der Waals surface area contributed by atoms with Gasteiger partial charge in [0.05, 0.1) is 6.04 Å². The molecule has 2 nitrogen and oxygen atoms in total. The summed E-state index contributed by atoms with van der Waals surface area (Å²) in [5, 5.41) is 0.372. The molecule has 2 rings (SSSR count). The fourth-order valence-corrected chi connectivity index (χ4v) is 2.20. The Morgan fingerprint density at radius 2 is 1.84 bits per heavy atom. The van der Waals surface area contributed by atoms with Crippen LogP contribution in [0.1, 0.15) is 28.3 Å². The van der Waals surface area contributed by atoms with E-state index < -0.39 is 6.04 Å². The van der Waals surface area contributed by atoms with Gasteiger partial charge in [-0.25, -0.2) is 9.82 Å². The van der Waals surface area contributed by atoms with Crippen LogP contribution in [0.5, 0.6) is 0 Å². The number of nitrogens with one attached hydrogen (secondary N) is 1. The van der Waals surface area contributed by atoms with Gasteiger partial charge in [0, 0.05) is 10.6 Å². The molecule has 0 spiro atoms. The van der Waals surface area contributed by atoms with E-state index in [1.807, 2.05) is 32.0 Å². The lowest BCUT2D eigenvalue weighted by Crippen LogP contribution is -2.29. The highest BCUT2D eigenvalue weighted by atomic mass is 35.5. The molecule has 2 aromatic carbocycles. The number of hydrogen-bond acceptors (Lipinski definition) is 2. The third-order valence-electron chi connectivity index (χ3n) is 3.30. The van der Waals surface area contributed by atoms with Crippen LogP contribution in [0.4, 0.5) is 4.39 Å². The van der Waals surface area contributed by atoms with Gasteiger partial charge in [-0.1, -0.05) is 35.9 Å². The van der Waals surface area contributed by atoms with Crippen molar-refractivity contribution in [2.45, 2.75) is 19.9 Å². The van der Waals surface area contributed by atoms with Crippen molar-refractivity contribution in [1.82, 2.24) is 5.43 Å². The summed E-state index contributed by atoms with van der Waals surface area (Å²) in [6.07, 6.45) is 0. The molecule has 1 unspecified atom stereocenters. The van der Waals surface area contributed by atoms with E-state index >= 15 is 0 Å². The monoisotopic (exact) mass is 278 g/mol. The van der Waals surface area contributed by atoms with Crippen molar-refractivity contribution in [2.24, 2.45) is 5.84 Å². The number of halogens is 2. The molecule has 0 heterocycles. The second-order valence-corrected chi connectivity index (χ2v) is 5.05. The SMILES string of the molecule is Cc1ccc(C(NN)c2ccc(Cl)cc2F)cc1C. The van der Waals surface area contributed by atoms with Gasteiger partial charge in [0.25, 0.3) is 0 Å². The summed E-state index contributed by atoms with van der Waals surface area (Å²) in [4.78, 5) is 0. The molecular formula is C15H16ClFN2. The summed E-state index contributed by atoms with van der Waals surface area (Å²) < 4.78 is 14.0. The zero-order valence-electron chi connectivity index (χ0n) is 10.9. The molecule has 0 saturated carbocycles. The van der Waals surface area contributed by atoms with Gasteiger partial charge >= 0.3 is 0 Å². The Hall–Kier alpha value is -1.42. The summed E-state index contributed by atoms with van der Waals surface area (Å²) in [7, 11) is 0. The fraction of sp³-hybridized carbons (Fsp3) is 0.200. The number of rotatable bonds is 3. The minimum absolute atomic E-state index is 0.367. The van der Waals surface area contributed by atoms with Crippen LogP contribution in [-0.2, 0) is 0 Å². The van der Waals surface area contributed by atoms with E-state index in [0.717, 1.165) is 11.1 Å². The van der Waals surface area contributed by atoms with Crippen LogP contribution < -0.4 is 11.3 Å². The number of hydrogen-bond donors (Lipinski definition) is 2. The molecule has 3 N–H and O–H groups in total. The molecule has 0 radical (unpaired) electrons. The van der Waals surface area contributed by atoms with Crippen molar-refractivity contribution in [1.29, 1.82) is 0 Å². The highest BCUT2D eigenvalue weighted by Crippen LogP contribution is 2.27. The quantitative estimate of drug-likeness (QED) is 0.664. The third-order valence-corrected chi connectivity index (χ3v) is 3.54. The highest BCUT2D eigenvalue weighted by Gasteiger charge is 2.17. The standard InChI is InChI=1S/C15H16ClFN2/c1-9-3-4-11(7-10(9)2)15(19-18)13-6-5-12(16)8-14(13)17/h3-8,15,19H,18H2,1-2H3. The van der Waals surface area contributed by atoms with Crippen LogP contribution in [0.3, 0.4) is 0 Å². The maximum absolute atomic E-state index is 14.0. The van der Waals surface area contributed by atoms with Gasteiger partial charge < -0.3 is 0 Å². The van der Waals surface area contributed by atoms with Crippen molar-refractivity contribution >= 4 is 11.6 Å². The molecular weight excluding hydrogens is 263 g/mol. The smallest absolute Gasteiger partial charge is 0.129 e. The molecule has 4 heteroatoms. The molecule has 2 aromatic rings. The summed E-state index contributed by atoms with van der Waals surface area (Å²) >= 11 is 5.77. The van der Waals surface area contributed by atoms with E-state index in [1.165, 1.54) is 11.6 Å². The Morgan fingerprint density at radius 3 is 2.42 bits per heavy atom. The zero-order chi connectivity index (χ0) is 14.0. The van der Waals surface area contributed by atoms with E-state index in [4.69, 9.17) is 17.4 Å². The van der Waals surface area contributed by atoms with E-state index in [9.17, 15) is 4.39 Å². The first-order valence-corrected chi connectivity index (χ1v) is 6.39. The van der Waals surface area contributed by atoms with Gasteiger partial charge in [-0.3, -0.25) is 5.84 Å². The lowest BCUT2D eigenvalue weighted by Gasteiger charge is -2.18. The molecule has 0 fully saturated rings. The summed E-state index contributed by atoms with van der Waals surface area (Å²) in [5.41, 5.74) is 6.40. The number of hydrazine groups is 1. The van der Waals surface area contributed by atoms with Crippen LogP contribution in [0.2, 0.25) is 5.02 Å². The molecule has 0 aliphatic heterocycles. The number of benzene rings is 2. The Bertz CT molecular complexity index is 599. The first kappa shape index (κ1) is 14.0. The van der Waals surface area contributed by atoms with Crippen molar-refractivity contribution in [3.05, 3.63) is 69.5 Å². The fourth-order valence-electron chi connectivity index (χ4n) is 2.05. The van der Waals surface area contributed by atoms with E-state index in [-0.39, 0.29) is 5.82 Å². The summed E-state index contributed by atoms with van der Waals surface area (Å²) in [6, 6.07) is 10.2. The van der Waals surface area contributed by atoms with Gasteiger partial charge in [-0.05, 0) is 42.7 Å². The molecule has 0 aromatic heterocycles. The van der Waals surface area contributed by atoms with Crippen molar-refractivity contribution < 1.29 is 4.39 Å². The molecule has 0 aliphatic carbocycles. The molecule has 1 atom stereocenters. The largest absolute Gasteiger partial charge is 0.271 e. The van der Waals surface area contributed by atoms with Crippen LogP contribution in [0.25, 0.3) is 0 Å². The first-order chi connectivity index (χ1) is 9.02. The van der Waals surface area contributed by atoms with Crippen molar-refractivity contribution in [2.75, 3.05) is 0 Å². The van der Waals surface area contributed by atoms with E-state index in [1.54, 1.807) is 12.1 Å². The maximum atomic E-state index is 14.0. The average Bonchev–Trinajstić information content (AvgIpc) is 2.37. The molecule has 0 saturated heterocycles. The molecule has 0 amide bonds. The Kier molecular flexibility index (Phi) is 4.20. The minimum atomic E-state index is -0.392. The Balaban J connectivity index is 2.46. The maximum Gasteiger partial charge on any atom is 0.129 e. The van der Waals surface area contributed by atoms with Gasteiger partial charge in [-0.2, -0.15) is 0 Å². The van der Waals surface area contributed by atoms with Crippen LogP contribution in [0, 0.1) is 19.7 Å². The summed E-state index contributed by atoms with van der Waals surface area (Å²) in [6.45, 7) is 4.05. The molecule has 100 valence electrons. The number of nitrogens with two attached hydrogens (primary N) is 1. The Labute approximate surface area is 117 Å². The molecule has 19 heavy (non-hydrogen) atoms. The zero-order valence-corrected chi connectivity index (χ0v) is 11.6. The predicted octanol–water partition coefficient (Wildman–Crippen LogP) is 3.65. The van der Waals surface area contributed by atoms with Crippen LogP contribution >= 0.6 is 11.6 Å². The van der Waals surface area contributed by atoms with Gasteiger partial charge in [-0.15, -0.1) is 0 Å². The second kappa shape index (κ2) is 5.70. The average molecular weight is 279 g/mol. The lowest BCUT2D eigenvalue weighted by molar-refractivity contribution is 0.560. The van der Waals surface area contributed by atoms with Crippen LogP contribution in [-0.4, -0.2) is 0 Å². The van der Waals surface area contributed by atoms with Gasteiger partial charge in [0.2, 0.25) is 0 Å². The second-order valence-electron chi connectivity index (χ2n) is 4.61. The first-order valence-electron chi connectivity index (χ1n) is 6.01.